The summed E-state index contributed by atoms with van der Waals surface area (Å²) in [5, 5.41) is 3.30. The minimum Gasteiger partial charge on any atom is -0.495 e. The molecule has 2 aromatic rings. The van der Waals surface area contributed by atoms with Crippen molar-refractivity contribution in [2.24, 2.45) is 7.05 Å². The molecule has 20 heavy (non-hydrogen) atoms. The molecule has 1 unspecified atom stereocenters. The lowest BCUT2D eigenvalue weighted by atomic mass is 10.0. The second-order valence-corrected chi connectivity index (χ2v) is 5.15. The lowest BCUT2D eigenvalue weighted by molar-refractivity contribution is 0.383. The number of rotatable bonds is 5. The van der Waals surface area contributed by atoms with Crippen LogP contribution >= 0.6 is 15.9 Å². The van der Waals surface area contributed by atoms with E-state index in [9.17, 15) is 0 Å². The summed E-state index contributed by atoms with van der Waals surface area (Å²) in [4.78, 5) is 4.17. The van der Waals surface area contributed by atoms with E-state index in [1.165, 1.54) is 0 Å². The highest BCUT2D eigenvalue weighted by Crippen LogP contribution is 2.40. The zero-order valence-electron chi connectivity index (χ0n) is 12.0. The van der Waals surface area contributed by atoms with Crippen LogP contribution in [-0.2, 0) is 7.05 Å². The summed E-state index contributed by atoms with van der Waals surface area (Å²) < 4.78 is 13.6. The van der Waals surface area contributed by atoms with Gasteiger partial charge in [-0.25, -0.2) is 4.98 Å². The second-order valence-electron chi connectivity index (χ2n) is 4.36. The number of ether oxygens (including phenoxy) is 2. The van der Waals surface area contributed by atoms with E-state index in [4.69, 9.17) is 9.47 Å². The van der Waals surface area contributed by atoms with Crippen LogP contribution < -0.4 is 14.8 Å². The number of benzene rings is 1. The minimum atomic E-state index is -0.0142. The molecule has 0 amide bonds. The van der Waals surface area contributed by atoms with E-state index in [2.05, 4.69) is 26.2 Å². The third-order valence-electron chi connectivity index (χ3n) is 3.27. The van der Waals surface area contributed by atoms with Crippen molar-refractivity contribution >= 4 is 15.9 Å². The van der Waals surface area contributed by atoms with Gasteiger partial charge in [-0.15, -0.1) is 0 Å². The Morgan fingerprint density at radius 1 is 1.30 bits per heavy atom. The summed E-state index contributed by atoms with van der Waals surface area (Å²) in [5.41, 5.74) is 2.08. The predicted molar refractivity (Wildman–Crippen MR) is 81.4 cm³/mol. The fraction of sp³-hybridized carbons (Fsp3) is 0.357. The van der Waals surface area contributed by atoms with Gasteiger partial charge >= 0.3 is 0 Å². The Morgan fingerprint density at radius 3 is 2.55 bits per heavy atom. The molecule has 1 aromatic heterocycles. The average Bonchev–Trinajstić information content (AvgIpc) is 2.86. The predicted octanol–water partition coefficient (Wildman–Crippen LogP) is 2.51. The molecule has 5 nitrogen and oxygen atoms in total. The third kappa shape index (κ3) is 2.53. The highest BCUT2D eigenvalue weighted by Gasteiger charge is 2.22. The molecule has 0 radical (unpaired) electrons. The lowest BCUT2D eigenvalue weighted by Crippen LogP contribution is -2.21. The van der Waals surface area contributed by atoms with E-state index in [1.54, 1.807) is 20.5 Å². The Labute approximate surface area is 127 Å². The first kappa shape index (κ1) is 14.9. The molecule has 0 bridgehead atoms. The first-order valence-corrected chi connectivity index (χ1v) is 6.97. The van der Waals surface area contributed by atoms with Gasteiger partial charge in [0.05, 0.1) is 38.5 Å². The van der Waals surface area contributed by atoms with Crippen LogP contribution in [0.2, 0.25) is 0 Å². The molecule has 1 N–H and O–H groups in total. The quantitative estimate of drug-likeness (QED) is 0.909. The van der Waals surface area contributed by atoms with Crippen molar-refractivity contribution in [2.45, 2.75) is 6.04 Å². The van der Waals surface area contributed by atoms with Gasteiger partial charge in [0, 0.05) is 12.6 Å². The van der Waals surface area contributed by atoms with E-state index in [0.717, 1.165) is 27.2 Å². The molecule has 6 heteroatoms. The van der Waals surface area contributed by atoms with Crippen molar-refractivity contribution in [3.8, 4) is 11.5 Å². The summed E-state index contributed by atoms with van der Waals surface area (Å²) in [7, 11) is 7.17. The van der Waals surface area contributed by atoms with Gasteiger partial charge in [0.1, 0.15) is 16.0 Å². The summed E-state index contributed by atoms with van der Waals surface area (Å²) >= 11 is 3.53. The Balaban J connectivity index is 2.56. The van der Waals surface area contributed by atoms with Crippen molar-refractivity contribution < 1.29 is 9.47 Å². The maximum Gasteiger partial charge on any atom is 0.141 e. The number of nitrogens with one attached hydrogen (secondary N) is 1. The molecule has 0 aliphatic rings. The number of nitrogens with zero attached hydrogens (tertiary/aromatic N) is 2. The van der Waals surface area contributed by atoms with Crippen LogP contribution in [0.25, 0.3) is 0 Å². The number of hydrogen-bond acceptors (Lipinski definition) is 4. The molecule has 1 atom stereocenters. The topological polar surface area (TPSA) is 48.3 Å². The molecule has 0 spiro atoms. The monoisotopic (exact) mass is 339 g/mol. The largest absolute Gasteiger partial charge is 0.495 e. The van der Waals surface area contributed by atoms with Crippen LogP contribution in [0.15, 0.2) is 29.1 Å². The number of aryl methyl sites for hydroxylation is 1. The molecule has 0 saturated heterocycles. The molecular weight excluding hydrogens is 322 g/mol. The lowest BCUT2D eigenvalue weighted by Gasteiger charge is -2.21. The molecule has 1 aromatic carbocycles. The van der Waals surface area contributed by atoms with Crippen molar-refractivity contribution in [1.82, 2.24) is 14.9 Å². The van der Waals surface area contributed by atoms with Gasteiger partial charge in [0.15, 0.2) is 0 Å². The van der Waals surface area contributed by atoms with E-state index in [-0.39, 0.29) is 6.04 Å². The smallest absolute Gasteiger partial charge is 0.141 e. The summed E-state index contributed by atoms with van der Waals surface area (Å²) in [6, 6.07) is 3.90. The SMILES string of the molecule is CNC(c1ccc(OC)c(Br)c1OC)c1cncn1C. The zero-order valence-corrected chi connectivity index (χ0v) is 13.6. The Bertz CT molecular complexity index is 598. The van der Waals surface area contributed by atoms with Crippen molar-refractivity contribution in [3.63, 3.8) is 0 Å². The van der Waals surface area contributed by atoms with Crippen LogP contribution in [0.1, 0.15) is 17.3 Å². The Morgan fingerprint density at radius 2 is 2.05 bits per heavy atom. The van der Waals surface area contributed by atoms with Gasteiger partial charge in [-0.2, -0.15) is 0 Å². The van der Waals surface area contributed by atoms with Crippen LogP contribution in [-0.4, -0.2) is 30.8 Å². The maximum atomic E-state index is 5.54. The summed E-state index contributed by atoms with van der Waals surface area (Å²) in [5.74, 6) is 1.50. The average molecular weight is 340 g/mol. The van der Waals surface area contributed by atoms with E-state index < -0.39 is 0 Å². The number of imidazole rings is 1. The standard InChI is InChI=1S/C14H18BrN3O2/c1-16-13(10-7-17-8-18(10)2)9-5-6-11(19-3)12(15)14(9)20-4/h5-8,13,16H,1-4H3. The third-order valence-corrected chi connectivity index (χ3v) is 4.02. The number of methoxy groups -OCH3 is 2. The molecule has 2 rings (SSSR count). The Hall–Kier alpha value is -1.53. The van der Waals surface area contributed by atoms with Gasteiger partial charge < -0.3 is 19.4 Å². The number of halogens is 1. The first-order valence-electron chi connectivity index (χ1n) is 6.17. The van der Waals surface area contributed by atoms with Crippen LogP contribution in [0.4, 0.5) is 0 Å². The maximum absolute atomic E-state index is 5.54. The van der Waals surface area contributed by atoms with Crippen molar-refractivity contribution in [3.05, 3.63) is 40.4 Å². The second kappa shape index (κ2) is 6.28. The van der Waals surface area contributed by atoms with E-state index >= 15 is 0 Å². The first-order chi connectivity index (χ1) is 9.63. The summed E-state index contributed by atoms with van der Waals surface area (Å²) in [6.45, 7) is 0. The summed E-state index contributed by atoms with van der Waals surface area (Å²) in [6.07, 6.45) is 3.63. The van der Waals surface area contributed by atoms with Crippen LogP contribution in [0.5, 0.6) is 11.5 Å². The highest BCUT2D eigenvalue weighted by atomic mass is 79.9. The van der Waals surface area contributed by atoms with E-state index in [0.29, 0.717) is 0 Å². The van der Waals surface area contributed by atoms with Gasteiger partial charge in [-0.1, -0.05) is 0 Å². The number of aromatic nitrogens is 2. The van der Waals surface area contributed by atoms with Crippen LogP contribution in [0.3, 0.4) is 0 Å². The molecular formula is C14H18BrN3O2. The van der Waals surface area contributed by atoms with Crippen LogP contribution in [0, 0.1) is 0 Å². The Kier molecular flexibility index (Phi) is 4.67. The van der Waals surface area contributed by atoms with Crippen molar-refractivity contribution in [2.75, 3.05) is 21.3 Å². The molecule has 0 fully saturated rings. The molecule has 1 heterocycles. The number of hydrogen-bond donors (Lipinski definition) is 1. The minimum absolute atomic E-state index is 0.0142. The normalized spacial score (nSPS) is 12.2. The fourth-order valence-electron chi connectivity index (χ4n) is 2.25. The van der Waals surface area contributed by atoms with Crippen molar-refractivity contribution in [1.29, 1.82) is 0 Å². The zero-order chi connectivity index (χ0) is 14.7. The fourth-order valence-corrected chi connectivity index (χ4v) is 2.94. The van der Waals surface area contributed by atoms with E-state index in [1.807, 2.05) is 37.0 Å². The molecule has 108 valence electrons. The van der Waals surface area contributed by atoms with Gasteiger partial charge in [0.25, 0.3) is 0 Å². The van der Waals surface area contributed by atoms with Gasteiger partial charge in [0.2, 0.25) is 0 Å². The highest BCUT2D eigenvalue weighted by molar-refractivity contribution is 9.10. The van der Waals surface area contributed by atoms with Gasteiger partial charge in [-0.05, 0) is 35.1 Å². The molecule has 0 aliphatic carbocycles. The molecule has 0 saturated carbocycles. The molecule has 0 aliphatic heterocycles. The van der Waals surface area contributed by atoms with Gasteiger partial charge in [-0.3, -0.25) is 0 Å².